The van der Waals surface area contributed by atoms with Gasteiger partial charge in [-0.1, -0.05) is 30.4 Å². The zero-order valence-electron chi connectivity index (χ0n) is 6.14. The van der Waals surface area contributed by atoms with Gasteiger partial charge in [0.15, 0.2) is 0 Å². The Kier molecular flexibility index (Phi) is 5.19. The Morgan fingerprint density at radius 1 is 1.50 bits per heavy atom. The van der Waals surface area contributed by atoms with Gasteiger partial charge in [0.1, 0.15) is 0 Å². The minimum absolute atomic E-state index is 0.692. The number of terminal acetylenes is 1. The van der Waals surface area contributed by atoms with E-state index >= 15 is 0 Å². The molecule has 52 valence electrons. The zero-order valence-corrected chi connectivity index (χ0v) is 6.14. The minimum atomic E-state index is 0.692. The van der Waals surface area contributed by atoms with Crippen molar-refractivity contribution in [2.24, 2.45) is 0 Å². The average Bonchev–Trinajstić information content (AvgIpc) is 1.90. The molecule has 0 aromatic heterocycles. The molecule has 0 heterocycles. The molecule has 0 spiro atoms. The maximum Gasteiger partial charge on any atom is 0.0302 e. The van der Waals surface area contributed by atoms with E-state index in [-0.39, 0.29) is 0 Å². The highest BCUT2D eigenvalue weighted by molar-refractivity contribution is 5.17. The molecule has 0 atom stereocenters. The third-order valence-electron chi connectivity index (χ3n) is 1.09. The Morgan fingerprint density at radius 3 is 2.60 bits per heavy atom. The summed E-state index contributed by atoms with van der Waals surface area (Å²) in [5, 5.41) is 0. The summed E-state index contributed by atoms with van der Waals surface area (Å²) in [5.41, 5.74) is 1.19. The van der Waals surface area contributed by atoms with Gasteiger partial charge in [-0.05, 0) is 6.42 Å². The predicted molar refractivity (Wildman–Crippen MR) is 46.5 cm³/mol. The molecule has 10 heavy (non-hydrogen) atoms. The molecular weight excluding hydrogens is 120 g/mol. The van der Waals surface area contributed by atoms with Crippen molar-refractivity contribution in [3.05, 3.63) is 37.0 Å². The van der Waals surface area contributed by atoms with Gasteiger partial charge in [0, 0.05) is 6.42 Å². The Morgan fingerprint density at radius 2 is 2.20 bits per heavy atom. The fourth-order valence-corrected chi connectivity index (χ4v) is 0.682. The van der Waals surface area contributed by atoms with Crippen LogP contribution in [0.4, 0.5) is 0 Å². The summed E-state index contributed by atoms with van der Waals surface area (Å²) in [6.07, 6.45) is 12.2. The lowest BCUT2D eigenvalue weighted by Crippen LogP contribution is -1.77. The van der Waals surface area contributed by atoms with Crippen LogP contribution < -0.4 is 0 Å². The van der Waals surface area contributed by atoms with E-state index in [0.29, 0.717) is 6.42 Å². The quantitative estimate of drug-likeness (QED) is 0.313. The Labute approximate surface area is 63.0 Å². The monoisotopic (exact) mass is 132 g/mol. The highest BCUT2D eigenvalue weighted by atomic mass is 13.9. The minimum Gasteiger partial charge on any atom is -0.120 e. The van der Waals surface area contributed by atoms with Gasteiger partial charge < -0.3 is 0 Å². The number of rotatable bonds is 4. The maximum atomic E-state index is 5.13. The largest absolute Gasteiger partial charge is 0.120 e. The molecule has 0 saturated heterocycles. The van der Waals surface area contributed by atoms with E-state index in [2.05, 4.69) is 19.1 Å². The number of hydrogen-bond donors (Lipinski definition) is 0. The molecule has 0 amide bonds. The van der Waals surface area contributed by atoms with Gasteiger partial charge in [0.25, 0.3) is 0 Å². The summed E-state index contributed by atoms with van der Waals surface area (Å²) in [6, 6.07) is 0. The van der Waals surface area contributed by atoms with E-state index in [4.69, 9.17) is 6.42 Å². The summed E-state index contributed by atoms with van der Waals surface area (Å²) < 4.78 is 0. The smallest absolute Gasteiger partial charge is 0.0302 e. The van der Waals surface area contributed by atoms with Crippen molar-refractivity contribution < 1.29 is 0 Å². The first-order chi connectivity index (χ1) is 4.85. The third kappa shape index (κ3) is 3.74. The Hall–Kier alpha value is -1.22. The lowest BCUT2D eigenvalue weighted by atomic mass is 10.1. The predicted octanol–water partition coefficient (Wildman–Crippen LogP) is 2.70. The van der Waals surface area contributed by atoms with Crippen molar-refractivity contribution in [3.8, 4) is 12.3 Å². The molecule has 0 nitrogen and oxygen atoms in total. The van der Waals surface area contributed by atoms with Crippen LogP contribution in [0.1, 0.15) is 12.8 Å². The van der Waals surface area contributed by atoms with Gasteiger partial charge in [-0.15, -0.1) is 18.9 Å². The molecule has 0 bridgehead atoms. The number of hydrogen-bond acceptors (Lipinski definition) is 0. The van der Waals surface area contributed by atoms with Gasteiger partial charge in [0.2, 0.25) is 0 Å². The summed E-state index contributed by atoms with van der Waals surface area (Å²) in [4.78, 5) is 0. The van der Waals surface area contributed by atoms with Crippen LogP contribution in [0.15, 0.2) is 37.0 Å². The van der Waals surface area contributed by atoms with Crippen LogP contribution >= 0.6 is 0 Å². The van der Waals surface area contributed by atoms with Gasteiger partial charge in [-0.2, -0.15) is 0 Å². The zero-order chi connectivity index (χ0) is 7.82. The standard InChI is InChI=1S/C10H12/c1-4-7-10(8-5-2)9-6-3/h1,5-6,8H,2-3,7,9H2. The topological polar surface area (TPSA) is 0 Å². The van der Waals surface area contributed by atoms with Crippen molar-refractivity contribution in [2.45, 2.75) is 12.8 Å². The highest BCUT2D eigenvalue weighted by Gasteiger charge is 1.87. The SMILES string of the molecule is C#CCC(=CC=C)CC=C. The summed E-state index contributed by atoms with van der Waals surface area (Å²) in [6.45, 7) is 7.21. The lowest BCUT2D eigenvalue weighted by molar-refractivity contribution is 1.14. The van der Waals surface area contributed by atoms with Crippen molar-refractivity contribution in [3.63, 3.8) is 0 Å². The highest BCUT2D eigenvalue weighted by Crippen LogP contribution is 2.05. The average molecular weight is 132 g/mol. The van der Waals surface area contributed by atoms with E-state index in [1.165, 1.54) is 5.57 Å². The second-order valence-electron chi connectivity index (χ2n) is 1.93. The molecule has 0 aliphatic carbocycles. The van der Waals surface area contributed by atoms with Crippen LogP contribution in [-0.2, 0) is 0 Å². The van der Waals surface area contributed by atoms with E-state index in [0.717, 1.165) is 6.42 Å². The molecular formula is C10H12. The maximum absolute atomic E-state index is 5.13. The second kappa shape index (κ2) is 5.91. The van der Waals surface area contributed by atoms with Crippen LogP contribution in [0.5, 0.6) is 0 Å². The molecule has 0 fully saturated rings. The first kappa shape index (κ1) is 8.78. The lowest BCUT2D eigenvalue weighted by Gasteiger charge is -1.94. The van der Waals surface area contributed by atoms with Gasteiger partial charge in [-0.3, -0.25) is 0 Å². The fraction of sp³-hybridized carbons (Fsp3) is 0.200. The molecule has 0 N–H and O–H groups in total. The van der Waals surface area contributed by atoms with Crippen molar-refractivity contribution in [2.75, 3.05) is 0 Å². The van der Waals surface area contributed by atoms with Gasteiger partial charge in [-0.25, -0.2) is 0 Å². The van der Waals surface area contributed by atoms with Crippen LogP contribution in [0.25, 0.3) is 0 Å². The van der Waals surface area contributed by atoms with Crippen LogP contribution in [0, 0.1) is 12.3 Å². The van der Waals surface area contributed by atoms with E-state index in [9.17, 15) is 0 Å². The molecule has 0 unspecified atom stereocenters. The summed E-state index contributed by atoms with van der Waals surface area (Å²) in [5.74, 6) is 2.57. The number of allylic oxidation sites excluding steroid dienone is 4. The molecule has 0 aliphatic heterocycles. The third-order valence-corrected chi connectivity index (χ3v) is 1.09. The van der Waals surface area contributed by atoms with Gasteiger partial charge in [0.05, 0.1) is 0 Å². The summed E-state index contributed by atoms with van der Waals surface area (Å²) in [7, 11) is 0. The normalized spacial score (nSPS) is 10.1. The van der Waals surface area contributed by atoms with Gasteiger partial charge >= 0.3 is 0 Å². The molecule has 0 saturated carbocycles. The molecule has 0 aliphatic rings. The Balaban J connectivity index is 3.98. The second-order valence-corrected chi connectivity index (χ2v) is 1.93. The fourth-order valence-electron chi connectivity index (χ4n) is 0.682. The molecule has 0 aromatic carbocycles. The molecule has 0 aromatic rings. The van der Waals surface area contributed by atoms with E-state index in [1.54, 1.807) is 6.08 Å². The van der Waals surface area contributed by atoms with Crippen LogP contribution in [-0.4, -0.2) is 0 Å². The molecule has 0 radical (unpaired) electrons. The van der Waals surface area contributed by atoms with Crippen LogP contribution in [0.3, 0.4) is 0 Å². The first-order valence-corrected chi connectivity index (χ1v) is 3.20. The molecule has 0 heteroatoms. The Bertz CT molecular complexity index is 177. The van der Waals surface area contributed by atoms with E-state index in [1.807, 2.05) is 12.2 Å². The van der Waals surface area contributed by atoms with Crippen LogP contribution in [0.2, 0.25) is 0 Å². The summed E-state index contributed by atoms with van der Waals surface area (Å²) >= 11 is 0. The molecule has 0 rings (SSSR count). The van der Waals surface area contributed by atoms with Crippen molar-refractivity contribution >= 4 is 0 Å². The van der Waals surface area contributed by atoms with E-state index < -0.39 is 0 Å². The van der Waals surface area contributed by atoms with Crippen molar-refractivity contribution in [1.29, 1.82) is 0 Å². The van der Waals surface area contributed by atoms with Crippen molar-refractivity contribution in [1.82, 2.24) is 0 Å². The first-order valence-electron chi connectivity index (χ1n) is 3.20.